The Morgan fingerprint density at radius 1 is 1.46 bits per heavy atom. The van der Waals surface area contributed by atoms with Gasteiger partial charge in [0, 0.05) is 23.8 Å². The first-order valence-corrected chi connectivity index (χ1v) is 10.0. The van der Waals surface area contributed by atoms with E-state index in [1.807, 2.05) is 6.07 Å². The number of thiazole rings is 1. The Kier molecular flexibility index (Phi) is 6.03. The summed E-state index contributed by atoms with van der Waals surface area (Å²) in [6.45, 7) is 0. The second kappa shape index (κ2) is 7.82. The van der Waals surface area contributed by atoms with Crippen LogP contribution in [0.15, 0.2) is 30.5 Å². The molecule has 0 saturated heterocycles. The van der Waals surface area contributed by atoms with Gasteiger partial charge in [0.25, 0.3) is 0 Å². The van der Waals surface area contributed by atoms with Gasteiger partial charge in [-0.3, -0.25) is 4.79 Å². The molecular weight excluding hydrogens is 353 g/mol. The highest BCUT2D eigenvalue weighted by Crippen LogP contribution is 2.21. The maximum Gasteiger partial charge on any atom is 0.243 e. The molecule has 1 aromatic heterocycles. The summed E-state index contributed by atoms with van der Waals surface area (Å²) in [5.41, 5.74) is 6.48. The van der Waals surface area contributed by atoms with Gasteiger partial charge in [0.1, 0.15) is 15.7 Å². The second-order valence-electron chi connectivity index (χ2n) is 5.45. The normalized spacial score (nSPS) is 12.8. The molecule has 1 amide bonds. The minimum Gasteiger partial charge on any atom is -0.320 e. The first-order valence-electron chi connectivity index (χ1n) is 7.16. The third-order valence-corrected chi connectivity index (χ3v) is 5.08. The van der Waals surface area contributed by atoms with Crippen molar-refractivity contribution in [1.29, 1.82) is 0 Å². The Balaban J connectivity index is 1.92. The molecule has 0 spiro atoms. The zero-order valence-corrected chi connectivity index (χ0v) is 14.7. The van der Waals surface area contributed by atoms with Crippen molar-refractivity contribution >= 4 is 32.2 Å². The van der Waals surface area contributed by atoms with Crippen molar-refractivity contribution in [3.63, 3.8) is 0 Å². The summed E-state index contributed by atoms with van der Waals surface area (Å²) in [7, 11) is -3.16. The quantitative estimate of drug-likeness (QED) is 0.769. The van der Waals surface area contributed by atoms with E-state index in [9.17, 15) is 17.6 Å². The fourth-order valence-electron chi connectivity index (χ4n) is 1.97. The van der Waals surface area contributed by atoms with Crippen LogP contribution < -0.4 is 11.1 Å². The van der Waals surface area contributed by atoms with Crippen molar-refractivity contribution in [3.8, 4) is 0 Å². The molecular formula is C15H18FN3O3S2. The lowest BCUT2D eigenvalue weighted by Crippen LogP contribution is -2.37. The molecule has 1 heterocycles. The SMILES string of the molecule is CS(=O)(=O)CCC(N)C(=O)Nc1ncc(Cc2cccc(F)c2)s1. The van der Waals surface area contributed by atoms with Crippen LogP contribution in [0.3, 0.4) is 0 Å². The highest BCUT2D eigenvalue weighted by molar-refractivity contribution is 7.90. The standard InChI is InChI=1S/C15H18FN3O3S2/c1-24(21,22)6-5-13(17)14(20)19-15-18-9-12(23-15)8-10-3-2-4-11(16)7-10/h2-4,7,9,13H,5-6,8,17H2,1H3,(H,18,19,20). The van der Waals surface area contributed by atoms with E-state index < -0.39 is 21.8 Å². The van der Waals surface area contributed by atoms with Crippen molar-refractivity contribution < 1.29 is 17.6 Å². The van der Waals surface area contributed by atoms with Gasteiger partial charge in [0.2, 0.25) is 5.91 Å². The van der Waals surface area contributed by atoms with Crippen LogP contribution in [0, 0.1) is 5.82 Å². The topological polar surface area (TPSA) is 102 Å². The molecule has 0 aliphatic heterocycles. The fourth-order valence-corrected chi connectivity index (χ4v) is 3.50. The minimum atomic E-state index is -3.16. The number of aromatic nitrogens is 1. The van der Waals surface area contributed by atoms with Crippen LogP contribution in [0.5, 0.6) is 0 Å². The van der Waals surface area contributed by atoms with Crippen molar-refractivity contribution in [2.45, 2.75) is 18.9 Å². The van der Waals surface area contributed by atoms with Gasteiger partial charge in [-0.1, -0.05) is 12.1 Å². The van der Waals surface area contributed by atoms with Gasteiger partial charge in [0.05, 0.1) is 11.8 Å². The predicted molar refractivity (Wildman–Crippen MR) is 92.3 cm³/mol. The van der Waals surface area contributed by atoms with E-state index >= 15 is 0 Å². The molecule has 2 aromatic rings. The molecule has 1 unspecified atom stereocenters. The number of hydrogen-bond donors (Lipinski definition) is 2. The van der Waals surface area contributed by atoms with Crippen molar-refractivity contribution in [1.82, 2.24) is 4.98 Å². The average molecular weight is 371 g/mol. The van der Waals surface area contributed by atoms with E-state index in [1.165, 1.54) is 23.5 Å². The zero-order chi connectivity index (χ0) is 17.7. The summed E-state index contributed by atoms with van der Waals surface area (Å²) < 4.78 is 35.4. The number of rotatable bonds is 7. The molecule has 1 aromatic carbocycles. The predicted octanol–water partition coefficient (Wildman–Crippen LogP) is 1.57. The van der Waals surface area contributed by atoms with E-state index in [4.69, 9.17) is 5.73 Å². The van der Waals surface area contributed by atoms with Gasteiger partial charge in [-0.05, 0) is 24.1 Å². The number of sulfone groups is 1. The molecule has 2 rings (SSSR count). The van der Waals surface area contributed by atoms with Crippen molar-refractivity contribution in [2.75, 3.05) is 17.3 Å². The lowest BCUT2D eigenvalue weighted by atomic mass is 10.1. The average Bonchev–Trinajstić information content (AvgIpc) is 2.91. The molecule has 9 heteroatoms. The third kappa shape index (κ3) is 5.99. The van der Waals surface area contributed by atoms with Crippen LogP contribution in [0.25, 0.3) is 0 Å². The van der Waals surface area contributed by atoms with E-state index in [2.05, 4.69) is 10.3 Å². The van der Waals surface area contributed by atoms with Gasteiger partial charge in [-0.2, -0.15) is 0 Å². The lowest BCUT2D eigenvalue weighted by Gasteiger charge is -2.09. The Labute approximate surface area is 143 Å². The first kappa shape index (κ1) is 18.5. The lowest BCUT2D eigenvalue weighted by molar-refractivity contribution is -0.117. The van der Waals surface area contributed by atoms with E-state index in [0.717, 1.165) is 16.7 Å². The molecule has 0 aliphatic carbocycles. The molecule has 24 heavy (non-hydrogen) atoms. The zero-order valence-electron chi connectivity index (χ0n) is 13.0. The molecule has 6 nitrogen and oxygen atoms in total. The van der Waals surface area contributed by atoms with Crippen LogP contribution in [-0.4, -0.2) is 37.4 Å². The number of carbonyl (C=O) groups is 1. The number of halogens is 1. The Morgan fingerprint density at radius 2 is 2.21 bits per heavy atom. The monoisotopic (exact) mass is 371 g/mol. The summed E-state index contributed by atoms with van der Waals surface area (Å²) in [6.07, 6.45) is 3.25. The molecule has 3 N–H and O–H groups in total. The van der Waals surface area contributed by atoms with Crippen molar-refractivity contribution in [3.05, 3.63) is 46.7 Å². The second-order valence-corrected chi connectivity index (χ2v) is 8.83. The van der Waals surface area contributed by atoms with Crippen LogP contribution >= 0.6 is 11.3 Å². The number of nitrogens with two attached hydrogens (primary N) is 1. The minimum absolute atomic E-state index is 0.0478. The van der Waals surface area contributed by atoms with E-state index in [0.29, 0.717) is 11.6 Å². The summed E-state index contributed by atoms with van der Waals surface area (Å²) >= 11 is 1.26. The maximum absolute atomic E-state index is 13.2. The smallest absolute Gasteiger partial charge is 0.243 e. The molecule has 0 radical (unpaired) electrons. The number of hydrogen-bond acceptors (Lipinski definition) is 6. The summed E-state index contributed by atoms with van der Waals surface area (Å²) in [5.74, 6) is -0.933. The van der Waals surface area contributed by atoms with Crippen molar-refractivity contribution in [2.24, 2.45) is 5.73 Å². The highest BCUT2D eigenvalue weighted by Gasteiger charge is 2.17. The number of benzene rings is 1. The largest absolute Gasteiger partial charge is 0.320 e. The number of amides is 1. The van der Waals surface area contributed by atoms with Gasteiger partial charge in [-0.25, -0.2) is 17.8 Å². The maximum atomic E-state index is 13.2. The van der Waals surface area contributed by atoms with Crippen LogP contribution in [0.1, 0.15) is 16.9 Å². The van der Waals surface area contributed by atoms with Gasteiger partial charge in [0.15, 0.2) is 5.13 Å². The van der Waals surface area contributed by atoms with Crippen LogP contribution in [0.4, 0.5) is 9.52 Å². The van der Waals surface area contributed by atoms with Crippen LogP contribution in [-0.2, 0) is 21.1 Å². The summed E-state index contributed by atoms with van der Waals surface area (Å²) in [5, 5.41) is 2.95. The number of nitrogens with zero attached hydrogens (tertiary/aromatic N) is 1. The van der Waals surface area contributed by atoms with Crippen LogP contribution in [0.2, 0.25) is 0 Å². The molecule has 0 saturated carbocycles. The number of anilines is 1. The molecule has 0 bridgehead atoms. The fraction of sp³-hybridized carbons (Fsp3) is 0.333. The Hall–Kier alpha value is -1.84. The molecule has 0 fully saturated rings. The highest BCUT2D eigenvalue weighted by atomic mass is 32.2. The molecule has 130 valence electrons. The third-order valence-electron chi connectivity index (χ3n) is 3.19. The summed E-state index contributed by atoms with van der Waals surface area (Å²) in [4.78, 5) is 16.9. The first-order chi connectivity index (χ1) is 11.2. The Morgan fingerprint density at radius 3 is 2.88 bits per heavy atom. The summed E-state index contributed by atoms with van der Waals surface area (Å²) in [6, 6.07) is 5.34. The van der Waals surface area contributed by atoms with E-state index in [1.54, 1.807) is 12.3 Å². The molecule has 0 aliphatic rings. The number of nitrogens with one attached hydrogen (secondary N) is 1. The van der Waals surface area contributed by atoms with Gasteiger partial charge >= 0.3 is 0 Å². The number of carbonyl (C=O) groups excluding carboxylic acids is 1. The molecule has 1 atom stereocenters. The van der Waals surface area contributed by atoms with Gasteiger partial charge in [-0.15, -0.1) is 11.3 Å². The Bertz CT molecular complexity index is 821. The van der Waals surface area contributed by atoms with Gasteiger partial charge < -0.3 is 11.1 Å². The van der Waals surface area contributed by atoms with E-state index in [-0.39, 0.29) is 18.0 Å².